The average Bonchev–Trinajstić information content (AvgIpc) is 2.20. The van der Waals surface area contributed by atoms with Crippen LogP contribution in [0.5, 0.6) is 0 Å². The smallest absolute Gasteiger partial charge is 0.129 e. The molecule has 0 aromatic carbocycles. The first-order chi connectivity index (χ1) is 7.22. The second kappa shape index (κ2) is 7.00. The van der Waals surface area contributed by atoms with E-state index in [0.717, 1.165) is 25.3 Å². The molecule has 0 saturated carbocycles. The van der Waals surface area contributed by atoms with Crippen molar-refractivity contribution in [2.24, 2.45) is 5.92 Å². The van der Waals surface area contributed by atoms with Crippen LogP contribution in [0.3, 0.4) is 0 Å². The van der Waals surface area contributed by atoms with Gasteiger partial charge in [-0.1, -0.05) is 19.8 Å². The number of nitrogens with zero attached hydrogens (tertiary/aromatic N) is 1. The van der Waals surface area contributed by atoms with Gasteiger partial charge in [0.15, 0.2) is 0 Å². The van der Waals surface area contributed by atoms with Crippen molar-refractivity contribution in [3.8, 4) is 0 Å². The van der Waals surface area contributed by atoms with Gasteiger partial charge in [0.05, 0.1) is 0 Å². The molecule has 1 saturated heterocycles. The standard InChI is InChI=1S/C13H25NO/c1-3-5-13-7-10-14(11-8-13)9-4-6-12(2)15/h13H,3-11H2,1-2H3. The summed E-state index contributed by atoms with van der Waals surface area (Å²) >= 11 is 0. The third kappa shape index (κ3) is 5.31. The van der Waals surface area contributed by atoms with Crippen molar-refractivity contribution in [3.63, 3.8) is 0 Å². The van der Waals surface area contributed by atoms with Crippen LogP contribution < -0.4 is 0 Å². The van der Waals surface area contributed by atoms with Crippen LogP contribution in [0.2, 0.25) is 0 Å². The minimum absolute atomic E-state index is 0.330. The number of ketones is 1. The molecule has 0 spiro atoms. The molecule has 0 N–H and O–H groups in total. The second-order valence-electron chi connectivity index (χ2n) is 4.88. The molecule has 1 heterocycles. The van der Waals surface area contributed by atoms with Crippen molar-refractivity contribution in [2.45, 2.75) is 52.4 Å². The van der Waals surface area contributed by atoms with Gasteiger partial charge in [-0.3, -0.25) is 0 Å². The Bertz CT molecular complexity index is 183. The molecule has 0 amide bonds. The summed E-state index contributed by atoms with van der Waals surface area (Å²) in [5.74, 6) is 1.30. The summed E-state index contributed by atoms with van der Waals surface area (Å²) in [6.07, 6.45) is 7.28. The van der Waals surface area contributed by atoms with Gasteiger partial charge in [-0.05, 0) is 51.7 Å². The fraction of sp³-hybridized carbons (Fsp3) is 0.923. The predicted octanol–water partition coefficient (Wildman–Crippen LogP) is 2.87. The number of Topliss-reactive ketones (excluding diaryl/α,β-unsaturated/α-hetero) is 1. The molecule has 2 nitrogen and oxygen atoms in total. The van der Waals surface area contributed by atoms with Gasteiger partial charge in [-0.25, -0.2) is 0 Å². The minimum Gasteiger partial charge on any atom is -0.303 e. The monoisotopic (exact) mass is 211 g/mol. The molecule has 15 heavy (non-hydrogen) atoms. The Morgan fingerprint density at radius 3 is 2.53 bits per heavy atom. The Morgan fingerprint density at radius 1 is 1.33 bits per heavy atom. The maximum atomic E-state index is 10.8. The lowest BCUT2D eigenvalue weighted by atomic mass is 9.92. The van der Waals surface area contributed by atoms with Crippen LogP contribution in [0.25, 0.3) is 0 Å². The Kier molecular flexibility index (Phi) is 5.92. The van der Waals surface area contributed by atoms with Gasteiger partial charge in [-0.2, -0.15) is 0 Å². The zero-order valence-electron chi connectivity index (χ0n) is 10.3. The molecule has 0 unspecified atom stereocenters. The topological polar surface area (TPSA) is 20.3 Å². The third-order valence-electron chi connectivity index (χ3n) is 3.41. The first kappa shape index (κ1) is 12.7. The van der Waals surface area contributed by atoms with Crippen LogP contribution in [0, 0.1) is 5.92 Å². The summed E-state index contributed by atoms with van der Waals surface area (Å²) in [5.41, 5.74) is 0. The van der Waals surface area contributed by atoms with E-state index in [1.807, 2.05) is 0 Å². The van der Waals surface area contributed by atoms with Crippen LogP contribution in [0.1, 0.15) is 52.4 Å². The molecule has 0 aromatic heterocycles. The van der Waals surface area contributed by atoms with Crippen LogP contribution in [-0.4, -0.2) is 30.3 Å². The number of carbonyl (C=O) groups is 1. The Balaban J connectivity index is 2.06. The molecule has 88 valence electrons. The van der Waals surface area contributed by atoms with Crippen molar-refractivity contribution in [2.75, 3.05) is 19.6 Å². The lowest BCUT2D eigenvalue weighted by molar-refractivity contribution is -0.117. The van der Waals surface area contributed by atoms with E-state index in [0.29, 0.717) is 5.78 Å². The average molecular weight is 211 g/mol. The molecule has 0 atom stereocenters. The number of hydrogen-bond donors (Lipinski definition) is 0. The van der Waals surface area contributed by atoms with E-state index in [4.69, 9.17) is 0 Å². The summed E-state index contributed by atoms with van der Waals surface area (Å²) in [5, 5.41) is 0. The Labute approximate surface area is 94.0 Å². The van der Waals surface area contributed by atoms with Crippen LogP contribution in [0.4, 0.5) is 0 Å². The maximum Gasteiger partial charge on any atom is 0.129 e. The molecule has 1 fully saturated rings. The molecular weight excluding hydrogens is 186 g/mol. The quantitative estimate of drug-likeness (QED) is 0.673. The Morgan fingerprint density at radius 2 is 2.00 bits per heavy atom. The summed E-state index contributed by atoms with van der Waals surface area (Å²) in [6.45, 7) is 7.59. The maximum absolute atomic E-state index is 10.8. The number of likely N-dealkylation sites (tertiary alicyclic amines) is 1. The highest BCUT2D eigenvalue weighted by Gasteiger charge is 2.17. The van der Waals surface area contributed by atoms with Gasteiger partial charge in [0, 0.05) is 6.42 Å². The van der Waals surface area contributed by atoms with E-state index in [1.165, 1.54) is 38.8 Å². The van der Waals surface area contributed by atoms with Crippen LogP contribution in [0.15, 0.2) is 0 Å². The van der Waals surface area contributed by atoms with E-state index in [2.05, 4.69) is 11.8 Å². The van der Waals surface area contributed by atoms with Gasteiger partial charge >= 0.3 is 0 Å². The number of piperidine rings is 1. The van der Waals surface area contributed by atoms with Crippen molar-refractivity contribution in [1.82, 2.24) is 4.90 Å². The minimum atomic E-state index is 0.330. The molecule has 2 heteroatoms. The normalized spacial score (nSPS) is 19.3. The third-order valence-corrected chi connectivity index (χ3v) is 3.41. The highest BCUT2D eigenvalue weighted by Crippen LogP contribution is 2.21. The van der Waals surface area contributed by atoms with E-state index in [9.17, 15) is 4.79 Å². The van der Waals surface area contributed by atoms with Gasteiger partial charge in [0.25, 0.3) is 0 Å². The molecule has 1 rings (SSSR count). The zero-order chi connectivity index (χ0) is 11.1. The molecule has 1 aliphatic heterocycles. The van der Waals surface area contributed by atoms with Crippen LogP contribution >= 0.6 is 0 Å². The molecule has 1 aliphatic rings. The number of carbonyl (C=O) groups excluding carboxylic acids is 1. The molecule has 0 radical (unpaired) electrons. The van der Waals surface area contributed by atoms with Crippen molar-refractivity contribution < 1.29 is 4.79 Å². The Hall–Kier alpha value is -0.370. The molecule has 0 aromatic rings. The summed E-state index contributed by atoms with van der Waals surface area (Å²) in [6, 6.07) is 0. The first-order valence-electron chi connectivity index (χ1n) is 6.44. The summed E-state index contributed by atoms with van der Waals surface area (Å²) in [7, 11) is 0. The molecular formula is C13H25NO. The van der Waals surface area contributed by atoms with Gasteiger partial charge in [-0.15, -0.1) is 0 Å². The highest BCUT2D eigenvalue weighted by atomic mass is 16.1. The van der Waals surface area contributed by atoms with Gasteiger partial charge in [0.1, 0.15) is 5.78 Å². The van der Waals surface area contributed by atoms with Crippen molar-refractivity contribution in [1.29, 1.82) is 0 Å². The first-order valence-corrected chi connectivity index (χ1v) is 6.44. The fourth-order valence-electron chi connectivity index (χ4n) is 2.46. The molecule has 0 bridgehead atoms. The van der Waals surface area contributed by atoms with E-state index in [-0.39, 0.29) is 0 Å². The summed E-state index contributed by atoms with van der Waals surface area (Å²) in [4.78, 5) is 13.3. The van der Waals surface area contributed by atoms with E-state index >= 15 is 0 Å². The van der Waals surface area contributed by atoms with Crippen LogP contribution in [-0.2, 0) is 4.79 Å². The van der Waals surface area contributed by atoms with Crippen molar-refractivity contribution in [3.05, 3.63) is 0 Å². The highest BCUT2D eigenvalue weighted by molar-refractivity contribution is 5.75. The summed E-state index contributed by atoms with van der Waals surface area (Å²) < 4.78 is 0. The SMILES string of the molecule is CCCC1CCN(CCCC(C)=O)CC1. The fourth-order valence-corrected chi connectivity index (χ4v) is 2.46. The van der Waals surface area contributed by atoms with Gasteiger partial charge in [0.2, 0.25) is 0 Å². The van der Waals surface area contributed by atoms with E-state index < -0.39 is 0 Å². The number of hydrogen-bond acceptors (Lipinski definition) is 2. The lowest BCUT2D eigenvalue weighted by Gasteiger charge is -2.31. The van der Waals surface area contributed by atoms with Gasteiger partial charge < -0.3 is 9.69 Å². The zero-order valence-corrected chi connectivity index (χ0v) is 10.3. The lowest BCUT2D eigenvalue weighted by Crippen LogP contribution is -2.34. The van der Waals surface area contributed by atoms with Crippen molar-refractivity contribution >= 4 is 5.78 Å². The largest absolute Gasteiger partial charge is 0.303 e. The molecule has 0 aliphatic carbocycles. The van der Waals surface area contributed by atoms with E-state index in [1.54, 1.807) is 6.92 Å². The predicted molar refractivity (Wildman–Crippen MR) is 64.0 cm³/mol. The second-order valence-corrected chi connectivity index (χ2v) is 4.88. The number of rotatable bonds is 6.